The number of fused-ring (bicyclic) bond motifs is 2. The van der Waals surface area contributed by atoms with Gasteiger partial charge < -0.3 is 10.6 Å². The van der Waals surface area contributed by atoms with Gasteiger partial charge >= 0.3 is 0 Å². The van der Waals surface area contributed by atoms with Crippen molar-refractivity contribution in [3.8, 4) is 22.3 Å². The molecule has 3 aromatic carbocycles. The van der Waals surface area contributed by atoms with Crippen molar-refractivity contribution in [1.29, 1.82) is 0 Å². The van der Waals surface area contributed by atoms with E-state index in [1.807, 2.05) is 0 Å². The van der Waals surface area contributed by atoms with Gasteiger partial charge in [0.05, 0.1) is 33.2 Å². The quantitative estimate of drug-likeness (QED) is 0.161. The molecule has 0 amide bonds. The fourth-order valence-corrected chi connectivity index (χ4v) is 9.10. The maximum Gasteiger partial charge on any atom is 0.268 e. The van der Waals surface area contributed by atoms with Crippen LogP contribution in [0.2, 0.25) is 0 Å². The van der Waals surface area contributed by atoms with E-state index < -0.39 is 43.2 Å². The van der Waals surface area contributed by atoms with Crippen LogP contribution in [0, 0.1) is 0 Å². The van der Waals surface area contributed by atoms with Crippen molar-refractivity contribution in [2.45, 2.75) is 11.4 Å². The zero-order chi connectivity index (χ0) is 36.9. The Morgan fingerprint density at radius 2 is 1.15 bits per heavy atom. The molecule has 0 atom stereocenters. The summed E-state index contributed by atoms with van der Waals surface area (Å²) in [5.41, 5.74) is 8.88. The van der Waals surface area contributed by atoms with Gasteiger partial charge in [0, 0.05) is 42.3 Å². The van der Waals surface area contributed by atoms with Gasteiger partial charge in [0.15, 0.2) is 0 Å². The van der Waals surface area contributed by atoms with Crippen LogP contribution in [-0.4, -0.2) is 72.2 Å². The van der Waals surface area contributed by atoms with Crippen molar-refractivity contribution >= 4 is 61.0 Å². The van der Waals surface area contributed by atoms with E-state index >= 15 is 0 Å². The largest absolute Gasteiger partial charge is 0.399 e. The van der Waals surface area contributed by atoms with Gasteiger partial charge in [0.25, 0.3) is 10.0 Å². The summed E-state index contributed by atoms with van der Waals surface area (Å²) in [5.74, 6) is -3.37. The summed E-state index contributed by atoms with van der Waals surface area (Å²) in [6.45, 7) is 0.461. The third kappa shape index (κ3) is 6.06. The molecule has 52 heavy (non-hydrogen) atoms. The fraction of sp³-hybridized carbons (Fsp3) is 0.105. The Balaban J connectivity index is 1.11. The summed E-state index contributed by atoms with van der Waals surface area (Å²) in [4.78, 5) is 52.3. The van der Waals surface area contributed by atoms with Crippen LogP contribution in [0.5, 0.6) is 0 Å². The zero-order valence-corrected chi connectivity index (χ0v) is 29.2. The minimum absolute atomic E-state index is 0.0230. The minimum atomic E-state index is -4.16. The molecule has 0 saturated heterocycles. The number of nitrogen functional groups attached to an aromatic ring is 1. The second kappa shape index (κ2) is 13.0. The number of ketones is 4. The van der Waals surface area contributed by atoms with Gasteiger partial charge in [0.2, 0.25) is 33.2 Å². The van der Waals surface area contributed by atoms with Crippen LogP contribution in [0.4, 0.5) is 5.69 Å². The van der Waals surface area contributed by atoms with E-state index in [2.05, 4.69) is 0 Å². The average molecular weight is 735 g/mol. The molecule has 0 saturated carbocycles. The van der Waals surface area contributed by atoms with Crippen LogP contribution in [0.25, 0.3) is 34.4 Å². The molecule has 2 aliphatic carbocycles. The van der Waals surface area contributed by atoms with Gasteiger partial charge in [0.1, 0.15) is 0 Å². The first-order valence-electron chi connectivity index (χ1n) is 16.0. The van der Waals surface area contributed by atoms with Crippen LogP contribution in [-0.2, 0) is 36.2 Å². The molecule has 2 N–H and O–H groups in total. The van der Waals surface area contributed by atoms with Crippen molar-refractivity contribution in [1.82, 2.24) is 12.8 Å². The van der Waals surface area contributed by atoms with Gasteiger partial charge in [-0.15, -0.1) is 0 Å². The molecule has 0 fully saturated rings. The summed E-state index contributed by atoms with van der Waals surface area (Å²) in [6.07, 6.45) is 7.50. The van der Waals surface area contributed by atoms with Crippen LogP contribution in [0.15, 0.2) is 108 Å². The number of anilines is 1. The predicted molar refractivity (Wildman–Crippen MR) is 195 cm³/mol. The molecule has 2 aliphatic rings. The lowest BCUT2D eigenvalue weighted by Crippen LogP contribution is -2.29. The molecule has 2 heterocycles. The van der Waals surface area contributed by atoms with Crippen molar-refractivity contribution < 1.29 is 36.0 Å². The van der Waals surface area contributed by atoms with Crippen molar-refractivity contribution in [3.63, 3.8) is 0 Å². The normalized spacial score (nSPS) is 14.3. The Morgan fingerprint density at radius 1 is 0.635 bits per heavy atom. The highest BCUT2D eigenvalue weighted by Crippen LogP contribution is 2.35. The number of hydrogen-bond donors (Lipinski definition) is 1. The number of rotatable bonds is 10. The second-order valence-corrected chi connectivity index (χ2v) is 16.2. The van der Waals surface area contributed by atoms with Crippen LogP contribution in [0.3, 0.4) is 0 Å². The van der Waals surface area contributed by atoms with Crippen LogP contribution < -0.4 is 5.73 Å². The van der Waals surface area contributed by atoms with Crippen LogP contribution in [0.1, 0.15) is 37.7 Å². The summed E-state index contributed by atoms with van der Waals surface area (Å²) in [5, 5.41) is 0. The lowest BCUT2D eigenvalue weighted by molar-refractivity contribution is -0.111. The van der Waals surface area contributed by atoms with Crippen molar-refractivity contribution in [3.05, 3.63) is 131 Å². The number of nitrogens with two attached hydrogens (primary N) is 1. The number of nitrogens with zero attached hydrogens (tertiary/aromatic N) is 3. The van der Waals surface area contributed by atoms with E-state index in [9.17, 15) is 36.0 Å². The Bertz CT molecular complexity index is 2600. The molecular weight excluding hydrogens is 705 g/mol. The molecule has 0 radical (unpaired) electrons. The van der Waals surface area contributed by atoms with E-state index in [0.717, 1.165) is 25.7 Å². The molecule has 14 heteroatoms. The molecule has 0 bridgehead atoms. The lowest BCUT2D eigenvalue weighted by Gasteiger charge is -2.18. The molecule has 0 aliphatic heterocycles. The summed E-state index contributed by atoms with van der Waals surface area (Å²) in [7, 11) is -6.38. The van der Waals surface area contributed by atoms with E-state index in [4.69, 9.17) is 5.73 Å². The average Bonchev–Trinajstić information content (AvgIpc) is 3.73. The molecule has 2 aromatic heterocycles. The van der Waals surface area contributed by atoms with Gasteiger partial charge in [-0.2, -0.15) is 0 Å². The SMILES string of the molecule is CN(CCS(=O)(=O)n1cc(-c2ccccc2)c2c1C=CC(=O)C2=O)Cc1ccc(-c2cn(S(=O)(=O)c3ccc(N)cc3)c3c2C(=O)C(=O)C=C3)cc1. The molecule has 7 rings (SSSR count). The molecule has 5 aromatic rings. The third-order valence-electron chi connectivity index (χ3n) is 8.98. The number of benzene rings is 3. The number of aromatic nitrogens is 2. The smallest absolute Gasteiger partial charge is 0.268 e. The number of Topliss-reactive ketones (excluding diaryl/α,β-unsaturated/α-hetero) is 2. The van der Waals surface area contributed by atoms with E-state index in [0.29, 0.717) is 28.9 Å². The topological polar surface area (TPSA) is 176 Å². The molecule has 0 spiro atoms. The molecule has 12 nitrogen and oxygen atoms in total. The Kier molecular flexibility index (Phi) is 8.61. The predicted octanol–water partition coefficient (Wildman–Crippen LogP) is 4.31. The first-order valence-corrected chi connectivity index (χ1v) is 19.0. The highest BCUT2D eigenvalue weighted by molar-refractivity contribution is 7.90. The van der Waals surface area contributed by atoms with Crippen LogP contribution >= 0.6 is 0 Å². The minimum Gasteiger partial charge on any atom is -0.399 e. The second-order valence-electron chi connectivity index (χ2n) is 12.4. The summed E-state index contributed by atoms with van der Waals surface area (Å²) < 4.78 is 56.6. The Hall–Kier alpha value is -5.96. The number of allylic oxidation sites excluding steroid dienone is 2. The number of carbonyl (C=O) groups excluding carboxylic acids is 4. The molecular formula is C38H30N4O8S2. The molecule has 0 unspecified atom stereocenters. The van der Waals surface area contributed by atoms with Gasteiger partial charge in [-0.05, 0) is 72.3 Å². The Morgan fingerprint density at radius 3 is 1.73 bits per heavy atom. The maximum atomic E-state index is 13.6. The van der Waals surface area contributed by atoms with E-state index in [1.54, 1.807) is 66.5 Å². The van der Waals surface area contributed by atoms with Crippen molar-refractivity contribution in [2.75, 3.05) is 25.1 Å². The maximum absolute atomic E-state index is 13.6. The van der Waals surface area contributed by atoms with Crippen molar-refractivity contribution in [2.24, 2.45) is 0 Å². The first-order chi connectivity index (χ1) is 24.8. The highest BCUT2D eigenvalue weighted by Gasteiger charge is 2.34. The van der Waals surface area contributed by atoms with E-state index in [1.165, 1.54) is 48.8 Å². The highest BCUT2D eigenvalue weighted by atomic mass is 32.2. The standard InChI is InChI=1S/C38H30N4O8S2/c1-40(19-20-51(47,48)41-22-29(25-5-3-2-4-6-25)35-31(41)15-17-33(43)37(35)45)21-24-7-9-26(10-8-24)30-23-42(32-16-18-34(44)38(46)36(30)32)52(49,50)28-13-11-27(39)12-14-28/h2-18,22-23H,19-21,39H2,1H3. The Labute approximate surface area is 299 Å². The monoisotopic (exact) mass is 734 g/mol. The number of hydrogen-bond acceptors (Lipinski definition) is 10. The van der Waals surface area contributed by atoms with Gasteiger partial charge in [-0.1, -0.05) is 54.6 Å². The fourth-order valence-electron chi connectivity index (χ4n) is 6.28. The van der Waals surface area contributed by atoms with E-state index in [-0.39, 0.29) is 45.3 Å². The van der Waals surface area contributed by atoms with Gasteiger partial charge in [-0.25, -0.2) is 24.8 Å². The number of carbonyl (C=O) groups is 4. The zero-order valence-electron chi connectivity index (χ0n) is 27.6. The summed E-state index contributed by atoms with van der Waals surface area (Å²) >= 11 is 0. The summed E-state index contributed by atoms with van der Waals surface area (Å²) in [6, 6.07) is 21.4. The lowest BCUT2D eigenvalue weighted by atomic mass is 9.94. The first kappa shape index (κ1) is 34.5. The molecule has 262 valence electrons. The third-order valence-corrected chi connectivity index (χ3v) is 12.3. The van der Waals surface area contributed by atoms with Gasteiger partial charge in [-0.3, -0.25) is 19.2 Å².